The number of benzene rings is 3. The van der Waals surface area contributed by atoms with Crippen LogP contribution in [0.5, 0.6) is 11.5 Å². The number of para-hydroxylation sites is 1. The molecule has 0 aromatic heterocycles. The molecule has 3 heterocycles. The first-order valence-corrected chi connectivity index (χ1v) is 17.9. The molecule has 3 aliphatic heterocycles. The number of nitriles is 1. The fourth-order valence-corrected chi connectivity index (χ4v) is 8.55. The van der Waals surface area contributed by atoms with Crippen molar-refractivity contribution >= 4 is 27.7 Å². The zero-order valence-corrected chi connectivity index (χ0v) is 29.0. The van der Waals surface area contributed by atoms with Gasteiger partial charge in [0.15, 0.2) is 0 Å². The number of piperazine rings is 1. The summed E-state index contributed by atoms with van der Waals surface area (Å²) in [4.78, 5) is 35.3. The lowest BCUT2D eigenvalue weighted by atomic mass is 9.86. The number of piperidine rings is 1. The fraction of sp³-hybridized carbons (Fsp3) is 0.417. The summed E-state index contributed by atoms with van der Waals surface area (Å²) in [6.07, 6.45) is 1.03. The Kier molecular flexibility index (Phi) is 9.57. The minimum absolute atomic E-state index is 0.0298. The van der Waals surface area contributed by atoms with E-state index in [1.807, 2.05) is 19.9 Å². The second-order valence-corrected chi connectivity index (χ2v) is 14.6. The number of hydrogen-bond donors (Lipinski definition) is 0. The summed E-state index contributed by atoms with van der Waals surface area (Å²) in [6, 6.07) is 19.2. The lowest BCUT2D eigenvalue weighted by Crippen LogP contribution is -2.55. The van der Waals surface area contributed by atoms with Crippen LogP contribution in [0.25, 0.3) is 0 Å². The van der Waals surface area contributed by atoms with Crippen LogP contribution in [0.15, 0.2) is 71.6 Å². The van der Waals surface area contributed by atoms with Gasteiger partial charge in [-0.1, -0.05) is 30.3 Å². The number of fused-ring (bicyclic) bond motifs is 1. The lowest BCUT2D eigenvalue weighted by Gasteiger charge is -2.42. The zero-order valence-electron chi connectivity index (χ0n) is 28.2. The van der Waals surface area contributed by atoms with E-state index >= 15 is 4.79 Å². The number of carbonyl (C=O) groups is 2. The maximum absolute atomic E-state index is 15.1. The number of sulfonamides is 1. The van der Waals surface area contributed by atoms with Crippen molar-refractivity contribution in [3.8, 4) is 17.6 Å². The Hall–Kier alpha value is -4.64. The quantitative estimate of drug-likeness (QED) is 0.340. The SMILES string of the molecule is COc1ccc2c(c1)C(OC(=O)N1CCN(C3CCN(C)CC3)CC1)(c1ccccc1OC(C)C)C(=O)N2S(=O)(=O)c1ccccc1C#N. The van der Waals surface area contributed by atoms with E-state index in [2.05, 4.69) is 16.8 Å². The van der Waals surface area contributed by atoms with Crippen molar-refractivity contribution in [1.82, 2.24) is 14.7 Å². The van der Waals surface area contributed by atoms with Gasteiger partial charge in [0.05, 0.1) is 30.0 Å². The first kappa shape index (κ1) is 34.2. The van der Waals surface area contributed by atoms with Gasteiger partial charge in [0, 0.05) is 37.8 Å². The highest BCUT2D eigenvalue weighted by atomic mass is 32.2. The van der Waals surface area contributed by atoms with Crippen molar-refractivity contribution in [2.75, 3.05) is 57.7 Å². The van der Waals surface area contributed by atoms with Crippen molar-refractivity contribution in [2.24, 2.45) is 0 Å². The second-order valence-electron chi connectivity index (χ2n) is 12.8. The molecule has 0 spiro atoms. The Labute approximate surface area is 287 Å². The average molecular weight is 688 g/mol. The average Bonchev–Trinajstić information content (AvgIpc) is 3.35. The van der Waals surface area contributed by atoms with E-state index in [9.17, 15) is 18.5 Å². The summed E-state index contributed by atoms with van der Waals surface area (Å²) in [5, 5.41) is 9.80. The zero-order chi connectivity index (χ0) is 34.9. The molecule has 0 saturated carbocycles. The van der Waals surface area contributed by atoms with E-state index in [4.69, 9.17) is 14.2 Å². The molecule has 3 aliphatic rings. The van der Waals surface area contributed by atoms with Crippen LogP contribution >= 0.6 is 0 Å². The maximum Gasteiger partial charge on any atom is 0.411 e. The summed E-state index contributed by atoms with van der Waals surface area (Å²) >= 11 is 0. The van der Waals surface area contributed by atoms with E-state index in [1.54, 1.807) is 35.2 Å². The van der Waals surface area contributed by atoms with Gasteiger partial charge in [-0.25, -0.2) is 13.2 Å². The van der Waals surface area contributed by atoms with E-state index in [-0.39, 0.29) is 39.1 Å². The van der Waals surface area contributed by atoms with Gasteiger partial charge >= 0.3 is 6.09 Å². The lowest BCUT2D eigenvalue weighted by molar-refractivity contribution is -0.132. The monoisotopic (exact) mass is 687 g/mol. The molecule has 0 radical (unpaired) electrons. The summed E-state index contributed by atoms with van der Waals surface area (Å²) < 4.78 is 47.6. The largest absolute Gasteiger partial charge is 0.497 e. The van der Waals surface area contributed by atoms with E-state index in [1.165, 1.54) is 43.5 Å². The number of amides is 2. The van der Waals surface area contributed by atoms with Crippen LogP contribution in [-0.2, 0) is 25.2 Å². The van der Waals surface area contributed by atoms with Crippen molar-refractivity contribution in [2.45, 2.75) is 49.3 Å². The molecule has 6 rings (SSSR count). The van der Waals surface area contributed by atoms with Crippen LogP contribution in [0, 0.1) is 11.3 Å². The highest BCUT2D eigenvalue weighted by Crippen LogP contribution is 2.52. The molecule has 2 saturated heterocycles. The van der Waals surface area contributed by atoms with Gasteiger partial charge in [0.1, 0.15) is 22.5 Å². The highest BCUT2D eigenvalue weighted by molar-refractivity contribution is 7.93. The second kappa shape index (κ2) is 13.7. The third-order valence-electron chi connectivity index (χ3n) is 9.46. The molecule has 49 heavy (non-hydrogen) atoms. The van der Waals surface area contributed by atoms with Gasteiger partial charge in [-0.05, 0) is 83.2 Å². The standard InChI is InChI=1S/C36H41N5O7S/c1-25(2)47-32-11-7-6-10-29(32)36(48-35(43)40-21-19-39(20-22-40)27-15-17-38(3)18-16-27)30-23-28(46-4)13-14-31(30)41(34(36)42)49(44,45)33-12-8-5-9-26(33)24-37/h5-14,23,25,27H,15-22H2,1-4H3. The minimum atomic E-state index is -4.70. The highest BCUT2D eigenvalue weighted by Gasteiger charge is 2.61. The molecule has 2 amide bonds. The Morgan fingerprint density at radius 3 is 2.29 bits per heavy atom. The smallest absolute Gasteiger partial charge is 0.411 e. The number of nitrogens with zero attached hydrogens (tertiary/aromatic N) is 5. The molecule has 0 N–H and O–H groups in total. The van der Waals surface area contributed by atoms with Gasteiger partial charge < -0.3 is 24.0 Å². The first-order chi connectivity index (χ1) is 23.5. The Balaban J connectivity index is 1.46. The van der Waals surface area contributed by atoms with Crippen LogP contribution < -0.4 is 13.8 Å². The van der Waals surface area contributed by atoms with E-state index in [0.29, 0.717) is 42.3 Å². The minimum Gasteiger partial charge on any atom is -0.497 e. The third kappa shape index (κ3) is 6.20. The fourth-order valence-electron chi connectivity index (χ4n) is 6.94. The number of ether oxygens (including phenoxy) is 3. The summed E-state index contributed by atoms with van der Waals surface area (Å²) in [5.41, 5.74) is -2.20. The maximum atomic E-state index is 15.1. The first-order valence-electron chi connectivity index (χ1n) is 16.4. The number of carbonyl (C=O) groups excluding carboxylic acids is 2. The molecular formula is C36H41N5O7S. The van der Waals surface area contributed by atoms with Crippen molar-refractivity contribution in [3.63, 3.8) is 0 Å². The van der Waals surface area contributed by atoms with Crippen molar-refractivity contribution in [3.05, 3.63) is 83.4 Å². The molecule has 1 atom stereocenters. The van der Waals surface area contributed by atoms with Crippen LogP contribution in [0.2, 0.25) is 0 Å². The van der Waals surface area contributed by atoms with Gasteiger partial charge in [-0.2, -0.15) is 9.57 Å². The normalized spacial score (nSPS) is 20.6. The number of methoxy groups -OCH3 is 1. The number of likely N-dealkylation sites (tertiary alicyclic amines) is 1. The number of anilines is 1. The summed E-state index contributed by atoms with van der Waals surface area (Å²) in [7, 11) is -1.13. The van der Waals surface area contributed by atoms with Crippen LogP contribution in [0.4, 0.5) is 10.5 Å². The molecule has 12 nitrogen and oxygen atoms in total. The van der Waals surface area contributed by atoms with E-state index < -0.39 is 27.6 Å². The molecule has 258 valence electrons. The van der Waals surface area contributed by atoms with Gasteiger partial charge in [0.2, 0.25) is 5.60 Å². The molecule has 0 bridgehead atoms. The molecule has 0 aliphatic carbocycles. The molecule has 3 aromatic carbocycles. The van der Waals surface area contributed by atoms with Crippen LogP contribution in [0.1, 0.15) is 43.4 Å². The molecule has 1 unspecified atom stereocenters. The van der Waals surface area contributed by atoms with Gasteiger partial charge in [-0.3, -0.25) is 9.69 Å². The Bertz CT molecular complexity index is 1880. The van der Waals surface area contributed by atoms with Gasteiger partial charge in [0.25, 0.3) is 15.9 Å². The van der Waals surface area contributed by atoms with E-state index in [0.717, 1.165) is 25.9 Å². The summed E-state index contributed by atoms with van der Waals surface area (Å²) in [6.45, 7) is 7.74. The third-order valence-corrected chi connectivity index (χ3v) is 11.2. The van der Waals surface area contributed by atoms with Crippen molar-refractivity contribution in [1.29, 1.82) is 5.26 Å². The molecule has 2 fully saturated rings. The predicted molar refractivity (Wildman–Crippen MR) is 182 cm³/mol. The Morgan fingerprint density at radius 1 is 0.939 bits per heavy atom. The summed E-state index contributed by atoms with van der Waals surface area (Å²) in [5.74, 6) is -0.476. The van der Waals surface area contributed by atoms with Crippen LogP contribution in [0.3, 0.4) is 0 Å². The van der Waals surface area contributed by atoms with Crippen molar-refractivity contribution < 1.29 is 32.2 Å². The number of rotatable bonds is 8. The topological polar surface area (TPSA) is 133 Å². The predicted octanol–water partition coefficient (Wildman–Crippen LogP) is 4.18. The molecular weight excluding hydrogens is 646 g/mol. The molecule has 13 heteroatoms. The number of hydrogen-bond acceptors (Lipinski definition) is 10. The Morgan fingerprint density at radius 2 is 1.61 bits per heavy atom. The van der Waals surface area contributed by atoms with Gasteiger partial charge in [-0.15, -0.1) is 0 Å². The molecule has 3 aromatic rings. The van der Waals surface area contributed by atoms with Crippen LogP contribution in [-0.4, -0.2) is 101 Å².